The van der Waals surface area contributed by atoms with Crippen LogP contribution in [0.25, 0.3) is 11.1 Å². The number of rotatable bonds is 6. The van der Waals surface area contributed by atoms with Gasteiger partial charge in [0.05, 0.1) is 19.8 Å². The van der Waals surface area contributed by atoms with Crippen molar-refractivity contribution in [1.29, 1.82) is 10.5 Å². The third kappa shape index (κ3) is 3.52. The fraction of sp³-hybridized carbons (Fsp3) is 0.167. The molecule has 1 heterocycles. The van der Waals surface area contributed by atoms with Crippen molar-refractivity contribution in [3.8, 4) is 34.8 Å². The number of nitrogen functional groups attached to an aromatic ring is 1. The van der Waals surface area contributed by atoms with Crippen LogP contribution in [-0.4, -0.2) is 25.0 Å². The van der Waals surface area contributed by atoms with E-state index in [-0.39, 0.29) is 11.4 Å². The fourth-order valence-electron chi connectivity index (χ4n) is 2.32. The minimum Gasteiger partial charge on any atom is -0.493 e. The molecule has 0 saturated heterocycles. The Morgan fingerprint density at radius 3 is 2.44 bits per heavy atom. The van der Waals surface area contributed by atoms with Gasteiger partial charge in [-0.2, -0.15) is 10.5 Å². The van der Waals surface area contributed by atoms with E-state index in [9.17, 15) is 10.5 Å². The molecule has 0 aliphatic rings. The summed E-state index contributed by atoms with van der Waals surface area (Å²) in [4.78, 5) is 4.21. The van der Waals surface area contributed by atoms with Crippen molar-refractivity contribution in [3.63, 3.8) is 0 Å². The maximum absolute atomic E-state index is 9.66. The number of pyridine rings is 1. The quantitative estimate of drug-likeness (QED) is 0.627. The summed E-state index contributed by atoms with van der Waals surface area (Å²) in [7, 11) is 3.05. The lowest BCUT2D eigenvalue weighted by Crippen LogP contribution is -2.03. The van der Waals surface area contributed by atoms with Gasteiger partial charge in [0.1, 0.15) is 28.5 Å². The summed E-state index contributed by atoms with van der Waals surface area (Å²) in [5, 5.41) is 19.6. The number of nitrogens with zero attached hydrogens (tertiary/aromatic N) is 3. The number of aromatic nitrogens is 1. The average Bonchev–Trinajstić information content (AvgIpc) is 2.64. The molecule has 25 heavy (non-hydrogen) atoms. The molecule has 7 heteroatoms. The largest absolute Gasteiger partial charge is 0.493 e. The summed E-state index contributed by atoms with van der Waals surface area (Å²) in [5.41, 5.74) is 7.47. The number of anilines is 1. The Kier molecular flexibility index (Phi) is 5.89. The van der Waals surface area contributed by atoms with Gasteiger partial charge in [0.15, 0.2) is 11.5 Å². The Morgan fingerprint density at radius 2 is 1.88 bits per heavy atom. The number of benzene rings is 1. The summed E-state index contributed by atoms with van der Waals surface area (Å²) in [6, 6.07) is 9.36. The van der Waals surface area contributed by atoms with E-state index in [1.165, 1.54) is 26.0 Å². The third-order valence-corrected chi connectivity index (χ3v) is 4.40. The highest BCUT2D eigenvalue weighted by molar-refractivity contribution is 7.99. The molecule has 126 valence electrons. The number of hydrogen-bond acceptors (Lipinski definition) is 7. The van der Waals surface area contributed by atoms with E-state index in [1.54, 1.807) is 24.3 Å². The van der Waals surface area contributed by atoms with E-state index < -0.39 is 0 Å². The first-order valence-electron chi connectivity index (χ1n) is 7.21. The average molecular weight is 352 g/mol. The van der Waals surface area contributed by atoms with Crippen LogP contribution in [0.4, 0.5) is 5.82 Å². The van der Waals surface area contributed by atoms with E-state index in [4.69, 9.17) is 15.2 Å². The number of nitrogens with two attached hydrogens (primary N) is 1. The van der Waals surface area contributed by atoms with Crippen LogP contribution >= 0.6 is 11.8 Å². The highest BCUT2D eigenvalue weighted by atomic mass is 32.2. The van der Waals surface area contributed by atoms with Crippen LogP contribution in [0.15, 0.2) is 35.9 Å². The maximum Gasteiger partial charge on any atom is 0.161 e. The molecule has 0 aliphatic carbocycles. The Balaban J connectivity index is 2.79. The molecule has 6 nitrogen and oxygen atoms in total. The SMILES string of the molecule is C=CCSc1nc(N)c(C#N)c(-c2ccc(OC)c(OC)c2)c1C#N. The molecule has 2 N–H and O–H groups in total. The minimum absolute atomic E-state index is 0.0813. The zero-order valence-electron chi connectivity index (χ0n) is 13.9. The first kappa shape index (κ1) is 18.2. The molecule has 0 spiro atoms. The van der Waals surface area contributed by atoms with Gasteiger partial charge in [0.25, 0.3) is 0 Å². The highest BCUT2D eigenvalue weighted by Gasteiger charge is 2.21. The molecule has 0 amide bonds. The zero-order chi connectivity index (χ0) is 18.4. The summed E-state index contributed by atoms with van der Waals surface area (Å²) >= 11 is 1.33. The molecular weight excluding hydrogens is 336 g/mol. The molecule has 2 aromatic rings. The molecule has 0 radical (unpaired) electrons. The normalized spacial score (nSPS) is 9.76. The molecule has 0 unspecified atom stereocenters. The van der Waals surface area contributed by atoms with Crippen molar-refractivity contribution in [3.05, 3.63) is 42.0 Å². The Bertz CT molecular complexity index is 897. The van der Waals surface area contributed by atoms with Crippen LogP contribution in [-0.2, 0) is 0 Å². The fourth-order valence-corrected chi connectivity index (χ4v) is 3.05. The van der Waals surface area contributed by atoms with Gasteiger partial charge in [-0.05, 0) is 17.7 Å². The smallest absolute Gasteiger partial charge is 0.161 e. The summed E-state index contributed by atoms with van der Waals surface area (Å²) in [6.45, 7) is 3.66. The van der Waals surface area contributed by atoms with E-state index in [0.717, 1.165) is 0 Å². The molecule has 0 fully saturated rings. The van der Waals surface area contributed by atoms with Crippen molar-refractivity contribution in [1.82, 2.24) is 4.98 Å². The second kappa shape index (κ2) is 8.09. The Labute approximate surface area is 150 Å². The second-order valence-electron chi connectivity index (χ2n) is 4.82. The zero-order valence-corrected chi connectivity index (χ0v) is 14.7. The van der Waals surface area contributed by atoms with Gasteiger partial charge < -0.3 is 15.2 Å². The van der Waals surface area contributed by atoms with Gasteiger partial charge in [0, 0.05) is 11.3 Å². The lowest BCUT2D eigenvalue weighted by molar-refractivity contribution is 0.355. The van der Waals surface area contributed by atoms with Crippen molar-refractivity contribution >= 4 is 17.6 Å². The first-order chi connectivity index (χ1) is 12.1. The molecule has 2 rings (SSSR count). The van der Waals surface area contributed by atoms with Crippen molar-refractivity contribution in [2.75, 3.05) is 25.7 Å². The van der Waals surface area contributed by atoms with Crippen LogP contribution in [0, 0.1) is 22.7 Å². The predicted molar refractivity (Wildman–Crippen MR) is 97.5 cm³/mol. The van der Waals surface area contributed by atoms with Crippen LogP contribution in [0.1, 0.15) is 11.1 Å². The summed E-state index contributed by atoms with van der Waals surface area (Å²) in [6.07, 6.45) is 1.71. The molecular formula is C18H16N4O2S. The number of nitriles is 2. The number of methoxy groups -OCH3 is 2. The summed E-state index contributed by atoms with van der Waals surface area (Å²) < 4.78 is 10.5. The predicted octanol–water partition coefficient (Wildman–Crippen LogP) is 3.37. The van der Waals surface area contributed by atoms with Gasteiger partial charge in [-0.15, -0.1) is 18.3 Å². The van der Waals surface area contributed by atoms with Crippen LogP contribution < -0.4 is 15.2 Å². The molecule has 1 aromatic heterocycles. The van der Waals surface area contributed by atoms with E-state index in [0.29, 0.717) is 39.0 Å². The minimum atomic E-state index is 0.0813. The summed E-state index contributed by atoms with van der Waals surface area (Å²) in [5.74, 6) is 1.69. The number of ether oxygens (including phenoxy) is 2. The second-order valence-corrected chi connectivity index (χ2v) is 5.83. The van der Waals surface area contributed by atoms with Crippen molar-refractivity contribution < 1.29 is 9.47 Å². The molecule has 1 aromatic carbocycles. The molecule has 0 atom stereocenters. The standard InChI is InChI=1S/C18H16N4O2S/c1-4-7-25-18-13(10-20)16(12(9-19)17(21)22-18)11-5-6-14(23-2)15(8-11)24-3/h4-6,8H,1,7H2,2-3H3,(H2,21,22). The van der Waals surface area contributed by atoms with E-state index in [2.05, 4.69) is 17.6 Å². The lowest BCUT2D eigenvalue weighted by Gasteiger charge is -2.14. The number of hydrogen-bond donors (Lipinski definition) is 1. The maximum atomic E-state index is 9.66. The number of thioether (sulfide) groups is 1. The van der Waals surface area contributed by atoms with E-state index >= 15 is 0 Å². The van der Waals surface area contributed by atoms with Crippen LogP contribution in [0.2, 0.25) is 0 Å². The van der Waals surface area contributed by atoms with Gasteiger partial charge in [-0.1, -0.05) is 12.1 Å². The van der Waals surface area contributed by atoms with Gasteiger partial charge in [-0.25, -0.2) is 4.98 Å². The van der Waals surface area contributed by atoms with E-state index in [1.807, 2.05) is 6.07 Å². The molecule has 0 saturated carbocycles. The van der Waals surface area contributed by atoms with Crippen LogP contribution in [0.3, 0.4) is 0 Å². The Morgan fingerprint density at radius 1 is 1.20 bits per heavy atom. The third-order valence-electron chi connectivity index (χ3n) is 3.43. The first-order valence-corrected chi connectivity index (χ1v) is 8.19. The van der Waals surface area contributed by atoms with Crippen molar-refractivity contribution in [2.45, 2.75) is 5.03 Å². The monoisotopic (exact) mass is 352 g/mol. The van der Waals surface area contributed by atoms with Gasteiger partial charge >= 0.3 is 0 Å². The van der Waals surface area contributed by atoms with Gasteiger partial charge in [0.2, 0.25) is 0 Å². The Hall–Kier alpha value is -3.16. The molecule has 0 bridgehead atoms. The van der Waals surface area contributed by atoms with Crippen LogP contribution in [0.5, 0.6) is 11.5 Å². The topological polar surface area (TPSA) is 105 Å². The van der Waals surface area contributed by atoms with Gasteiger partial charge in [-0.3, -0.25) is 0 Å². The highest BCUT2D eigenvalue weighted by Crippen LogP contribution is 2.39. The lowest BCUT2D eigenvalue weighted by atomic mass is 9.96. The van der Waals surface area contributed by atoms with Crippen molar-refractivity contribution in [2.24, 2.45) is 0 Å². The molecule has 0 aliphatic heterocycles.